The Morgan fingerprint density at radius 2 is 1.94 bits per heavy atom. The molecule has 1 aromatic carbocycles. The van der Waals surface area contributed by atoms with Crippen molar-refractivity contribution in [1.82, 2.24) is 4.90 Å². The van der Waals surface area contributed by atoms with Crippen LogP contribution >= 0.6 is 0 Å². The van der Waals surface area contributed by atoms with E-state index in [1.807, 2.05) is 0 Å². The molecule has 0 saturated heterocycles. The maximum Gasteiger partial charge on any atom is 0.236 e. The van der Waals surface area contributed by atoms with E-state index in [9.17, 15) is 9.18 Å². The van der Waals surface area contributed by atoms with Crippen LogP contribution in [0.25, 0.3) is 0 Å². The monoisotopic (exact) mass is 252 g/mol. The maximum atomic E-state index is 12.8. The molecule has 0 bridgehead atoms. The SMILES string of the molecule is CC(C)CCN(Cc1ccc(F)cc1)C(=O)CN. The molecule has 0 aliphatic carbocycles. The topological polar surface area (TPSA) is 46.3 Å². The summed E-state index contributed by atoms with van der Waals surface area (Å²) < 4.78 is 12.8. The lowest BCUT2D eigenvalue weighted by atomic mass is 10.1. The molecule has 0 saturated carbocycles. The fraction of sp³-hybridized carbons (Fsp3) is 0.500. The van der Waals surface area contributed by atoms with Crippen molar-refractivity contribution in [3.63, 3.8) is 0 Å². The normalized spacial score (nSPS) is 10.7. The van der Waals surface area contributed by atoms with Gasteiger partial charge in [-0.1, -0.05) is 26.0 Å². The minimum atomic E-state index is -0.266. The fourth-order valence-electron chi connectivity index (χ4n) is 1.65. The van der Waals surface area contributed by atoms with Crippen molar-refractivity contribution in [3.05, 3.63) is 35.6 Å². The molecule has 1 rings (SSSR count). The second kappa shape index (κ2) is 7.11. The molecule has 0 aliphatic rings. The van der Waals surface area contributed by atoms with Gasteiger partial charge in [-0.3, -0.25) is 4.79 Å². The molecule has 0 spiro atoms. The third-order valence-corrected chi connectivity index (χ3v) is 2.79. The predicted molar refractivity (Wildman–Crippen MR) is 70.3 cm³/mol. The van der Waals surface area contributed by atoms with Gasteiger partial charge in [-0.25, -0.2) is 4.39 Å². The van der Waals surface area contributed by atoms with Crippen molar-refractivity contribution in [2.75, 3.05) is 13.1 Å². The molecule has 0 atom stereocenters. The lowest BCUT2D eigenvalue weighted by molar-refractivity contribution is -0.130. The van der Waals surface area contributed by atoms with Crippen molar-refractivity contribution < 1.29 is 9.18 Å². The van der Waals surface area contributed by atoms with Crippen LogP contribution in [0.4, 0.5) is 4.39 Å². The predicted octanol–water partition coefficient (Wildman–Crippen LogP) is 2.16. The number of amides is 1. The molecular weight excluding hydrogens is 231 g/mol. The zero-order valence-electron chi connectivity index (χ0n) is 11.0. The Bertz CT molecular complexity index is 376. The summed E-state index contributed by atoms with van der Waals surface area (Å²) >= 11 is 0. The summed E-state index contributed by atoms with van der Waals surface area (Å²) in [5.41, 5.74) is 6.32. The Morgan fingerprint density at radius 3 is 2.44 bits per heavy atom. The number of hydrogen-bond acceptors (Lipinski definition) is 2. The van der Waals surface area contributed by atoms with Crippen LogP contribution in [0.1, 0.15) is 25.8 Å². The van der Waals surface area contributed by atoms with Crippen LogP contribution in [0, 0.1) is 11.7 Å². The number of hydrogen-bond donors (Lipinski definition) is 1. The van der Waals surface area contributed by atoms with E-state index in [1.165, 1.54) is 12.1 Å². The first-order valence-electron chi connectivity index (χ1n) is 6.25. The van der Waals surface area contributed by atoms with Crippen LogP contribution in [-0.4, -0.2) is 23.9 Å². The molecule has 0 aliphatic heterocycles. The van der Waals surface area contributed by atoms with E-state index in [2.05, 4.69) is 13.8 Å². The van der Waals surface area contributed by atoms with Crippen molar-refractivity contribution >= 4 is 5.91 Å². The fourth-order valence-corrected chi connectivity index (χ4v) is 1.65. The van der Waals surface area contributed by atoms with Crippen LogP contribution in [0.5, 0.6) is 0 Å². The summed E-state index contributed by atoms with van der Waals surface area (Å²) in [4.78, 5) is 13.5. The van der Waals surface area contributed by atoms with Crippen molar-refractivity contribution in [2.45, 2.75) is 26.8 Å². The lowest BCUT2D eigenvalue weighted by Crippen LogP contribution is -2.36. The highest BCUT2D eigenvalue weighted by Gasteiger charge is 2.12. The first-order valence-corrected chi connectivity index (χ1v) is 6.25. The van der Waals surface area contributed by atoms with Gasteiger partial charge < -0.3 is 10.6 Å². The van der Waals surface area contributed by atoms with Crippen molar-refractivity contribution in [3.8, 4) is 0 Å². The highest BCUT2D eigenvalue weighted by Crippen LogP contribution is 2.09. The lowest BCUT2D eigenvalue weighted by Gasteiger charge is -2.23. The minimum Gasteiger partial charge on any atom is -0.337 e. The molecule has 100 valence electrons. The van der Waals surface area contributed by atoms with E-state index in [-0.39, 0.29) is 18.3 Å². The Balaban J connectivity index is 2.65. The van der Waals surface area contributed by atoms with Gasteiger partial charge in [0, 0.05) is 13.1 Å². The number of benzene rings is 1. The third-order valence-electron chi connectivity index (χ3n) is 2.79. The van der Waals surface area contributed by atoms with Gasteiger partial charge in [-0.2, -0.15) is 0 Å². The number of nitrogens with zero attached hydrogens (tertiary/aromatic N) is 1. The Labute approximate surface area is 108 Å². The average molecular weight is 252 g/mol. The Morgan fingerprint density at radius 1 is 1.33 bits per heavy atom. The highest BCUT2D eigenvalue weighted by atomic mass is 19.1. The Kier molecular flexibility index (Phi) is 5.78. The second-order valence-corrected chi connectivity index (χ2v) is 4.83. The van der Waals surface area contributed by atoms with Gasteiger partial charge in [0.1, 0.15) is 5.82 Å². The highest BCUT2D eigenvalue weighted by molar-refractivity contribution is 5.78. The van der Waals surface area contributed by atoms with E-state index in [0.717, 1.165) is 12.0 Å². The van der Waals surface area contributed by atoms with E-state index in [0.29, 0.717) is 19.0 Å². The summed E-state index contributed by atoms with van der Waals surface area (Å²) in [5, 5.41) is 0. The summed E-state index contributed by atoms with van der Waals surface area (Å²) in [6, 6.07) is 6.20. The largest absolute Gasteiger partial charge is 0.337 e. The molecule has 0 radical (unpaired) electrons. The van der Waals surface area contributed by atoms with Crippen LogP contribution < -0.4 is 5.73 Å². The number of halogens is 1. The number of carbonyl (C=O) groups is 1. The van der Waals surface area contributed by atoms with Crippen LogP contribution in [0.2, 0.25) is 0 Å². The van der Waals surface area contributed by atoms with Crippen LogP contribution in [0.15, 0.2) is 24.3 Å². The minimum absolute atomic E-state index is 0.0132. The van der Waals surface area contributed by atoms with Crippen LogP contribution in [0.3, 0.4) is 0 Å². The smallest absolute Gasteiger partial charge is 0.236 e. The van der Waals surface area contributed by atoms with Gasteiger partial charge in [-0.05, 0) is 30.0 Å². The number of carbonyl (C=O) groups excluding carboxylic acids is 1. The van der Waals surface area contributed by atoms with E-state index >= 15 is 0 Å². The van der Waals surface area contributed by atoms with E-state index in [1.54, 1.807) is 17.0 Å². The van der Waals surface area contributed by atoms with E-state index in [4.69, 9.17) is 5.73 Å². The molecule has 0 aromatic heterocycles. The molecule has 4 heteroatoms. The molecule has 18 heavy (non-hydrogen) atoms. The zero-order chi connectivity index (χ0) is 13.5. The summed E-state index contributed by atoms with van der Waals surface area (Å²) in [6.07, 6.45) is 0.937. The number of rotatable bonds is 6. The molecule has 3 nitrogen and oxygen atoms in total. The summed E-state index contributed by atoms with van der Waals surface area (Å²) in [6.45, 7) is 5.42. The zero-order valence-corrected chi connectivity index (χ0v) is 11.0. The van der Waals surface area contributed by atoms with Gasteiger partial charge in [0.15, 0.2) is 0 Å². The summed E-state index contributed by atoms with van der Waals surface area (Å²) in [5.74, 6) is 0.198. The van der Waals surface area contributed by atoms with Gasteiger partial charge in [0.05, 0.1) is 6.54 Å². The quantitative estimate of drug-likeness (QED) is 0.843. The second-order valence-electron chi connectivity index (χ2n) is 4.83. The van der Waals surface area contributed by atoms with Crippen molar-refractivity contribution in [1.29, 1.82) is 0 Å². The standard InChI is InChI=1S/C14H21FN2O/c1-11(2)7-8-17(14(18)9-16)10-12-3-5-13(15)6-4-12/h3-6,11H,7-10,16H2,1-2H3. The van der Waals surface area contributed by atoms with Gasteiger partial charge in [-0.15, -0.1) is 0 Å². The maximum absolute atomic E-state index is 12.8. The van der Waals surface area contributed by atoms with Gasteiger partial charge in [0.25, 0.3) is 0 Å². The average Bonchev–Trinajstić information content (AvgIpc) is 2.35. The first kappa shape index (κ1) is 14.6. The molecule has 0 unspecified atom stereocenters. The molecule has 2 N–H and O–H groups in total. The van der Waals surface area contributed by atoms with Gasteiger partial charge in [0.2, 0.25) is 5.91 Å². The molecule has 1 aromatic rings. The third kappa shape index (κ3) is 4.84. The van der Waals surface area contributed by atoms with Gasteiger partial charge >= 0.3 is 0 Å². The summed E-state index contributed by atoms with van der Waals surface area (Å²) in [7, 11) is 0. The number of nitrogens with two attached hydrogens (primary N) is 1. The van der Waals surface area contributed by atoms with Crippen molar-refractivity contribution in [2.24, 2.45) is 11.7 Å². The molecule has 1 amide bonds. The Hall–Kier alpha value is -1.42. The molecular formula is C14H21FN2O. The molecule has 0 heterocycles. The first-order chi connectivity index (χ1) is 8.52. The van der Waals surface area contributed by atoms with Crippen LogP contribution in [-0.2, 0) is 11.3 Å². The van der Waals surface area contributed by atoms with E-state index < -0.39 is 0 Å². The molecule has 0 fully saturated rings.